The molecular formula is C16H19N3O. The zero-order chi connectivity index (χ0) is 14.4. The molecule has 1 aromatic heterocycles. The Kier molecular flexibility index (Phi) is 4.71. The number of hydrogen-bond donors (Lipinski definition) is 2. The van der Waals surface area contributed by atoms with Crippen LogP contribution in [0.5, 0.6) is 0 Å². The summed E-state index contributed by atoms with van der Waals surface area (Å²) in [7, 11) is 0. The first-order valence-corrected chi connectivity index (χ1v) is 6.83. The van der Waals surface area contributed by atoms with Gasteiger partial charge in [0.15, 0.2) is 0 Å². The third-order valence-electron chi connectivity index (χ3n) is 3.02. The lowest BCUT2D eigenvalue weighted by Crippen LogP contribution is -2.14. The van der Waals surface area contributed by atoms with Crippen molar-refractivity contribution in [1.29, 1.82) is 0 Å². The van der Waals surface area contributed by atoms with Crippen molar-refractivity contribution in [2.24, 2.45) is 0 Å². The Bertz CT molecular complexity index is 579. The molecule has 0 bridgehead atoms. The monoisotopic (exact) mass is 269 g/mol. The highest BCUT2D eigenvalue weighted by atomic mass is 16.1. The lowest BCUT2D eigenvalue weighted by atomic mass is 10.1. The highest BCUT2D eigenvalue weighted by Crippen LogP contribution is 2.16. The number of benzene rings is 1. The summed E-state index contributed by atoms with van der Waals surface area (Å²) in [5, 5.41) is 6.05. The van der Waals surface area contributed by atoms with Crippen LogP contribution in [0.2, 0.25) is 0 Å². The van der Waals surface area contributed by atoms with E-state index < -0.39 is 0 Å². The fourth-order valence-corrected chi connectivity index (χ4v) is 1.97. The molecule has 0 radical (unpaired) electrons. The number of para-hydroxylation sites is 1. The van der Waals surface area contributed by atoms with E-state index in [-0.39, 0.29) is 5.91 Å². The molecule has 4 nitrogen and oxygen atoms in total. The van der Waals surface area contributed by atoms with Crippen LogP contribution in [0.4, 0.5) is 11.4 Å². The minimum Gasteiger partial charge on any atom is -0.384 e. The number of hydrogen-bond acceptors (Lipinski definition) is 3. The number of nitrogens with zero attached hydrogens (tertiary/aromatic N) is 1. The van der Waals surface area contributed by atoms with E-state index in [2.05, 4.69) is 22.5 Å². The molecule has 2 rings (SSSR count). The zero-order valence-corrected chi connectivity index (χ0v) is 11.8. The van der Waals surface area contributed by atoms with Crippen LogP contribution in [0.3, 0.4) is 0 Å². The van der Waals surface area contributed by atoms with Gasteiger partial charge in [-0.1, -0.05) is 25.1 Å². The van der Waals surface area contributed by atoms with E-state index >= 15 is 0 Å². The standard InChI is InChI=1S/C16H19N3O/c1-3-12-7-5-6-8-14(12)19-16(20)15-10-9-13(11-18-15)17-4-2/h5-11,17H,3-4H2,1-2H3,(H,19,20). The van der Waals surface area contributed by atoms with Crippen molar-refractivity contribution in [2.45, 2.75) is 20.3 Å². The molecule has 104 valence electrons. The van der Waals surface area contributed by atoms with Gasteiger partial charge < -0.3 is 10.6 Å². The van der Waals surface area contributed by atoms with E-state index in [9.17, 15) is 4.79 Å². The molecule has 2 N–H and O–H groups in total. The summed E-state index contributed by atoms with van der Waals surface area (Å²) in [5.74, 6) is -0.186. The summed E-state index contributed by atoms with van der Waals surface area (Å²) in [5.41, 5.74) is 3.29. The number of rotatable bonds is 5. The van der Waals surface area contributed by atoms with Crippen LogP contribution in [0, 0.1) is 0 Å². The van der Waals surface area contributed by atoms with Crippen molar-refractivity contribution in [2.75, 3.05) is 17.2 Å². The average molecular weight is 269 g/mol. The minimum absolute atomic E-state index is 0.186. The van der Waals surface area contributed by atoms with Gasteiger partial charge in [-0.2, -0.15) is 0 Å². The van der Waals surface area contributed by atoms with E-state index in [1.54, 1.807) is 12.3 Å². The maximum atomic E-state index is 12.2. The fraction of sp³-hybridized carbons (Fsp3) is 0.250. The van der Waals surface area contributed by atoms with E-state index in [4.69, 9.17) is 0 Å². The smallest absolute Gasteiger partial charge is 0.274 e. The van der Waals surface area contributed by atoms with Gasteiger partial charge in [-0.25, -0.2) is 4.98 Å². The highest BCUT2D eigenvalue weighted by molar-refractivity contribution is 6.03. The molecule has 2 aromatic rings. The Balaban J connectivity index is 2.11. The molecule has 0 atom stereocenters. The molecule has 0 unspecified atom stereocenters. The number of anilines is 2. The molecule has 0 saturated heterocycles. The molecule has 1 heterocycles. The molecule has 1 amide bonds. The van der Waals surface area contributed by atoms with Gasteiger partial charge in [0.2, 0.25) is 0 Å². The van der Waals surface area contributed by atoms with Crippen molar-refractivity contribution in [3.8, 4) is 0 Å². The van der Waals surface area contributed by atoms with Gasteiger partial charge in [0.05, 0.1) is 11.9 Å². The number of nitrogens with one attached hydrogen (secondary N) is 2. The molecule has 0 fully saturated rings. The average Bonchev–Trinajstić information content (AvgIpc) is 2.49. The van der Waals surface area contributed by atoms with Gasteiger partial charge in [-0.3, -0.25) is 4.79 Å². The van der Waals surface area contributed by atoms with Crippen LogP contribution in [-0.2, 0) is 6.42 Å². The van der Waals surface area contributed by atoms with Crippen molar-refractivity contribution in [3.05, 3.63) is 53.9 Å². The van der Waals surface area contributed by atoms with Gasteiger partial charge >= 0.3 is 0 Å². The number of aryl methyl sites for hydroxylation is 1. The predicted molar refractivity (Wildman–Crippen MR) is 82.2 cm³/mol. The van der Waals surface area contributed by atoms with E-state index in [0.29, 0.717) is 5.69 Å². The Morgan fingerprint density at radius 3 is 2.60 bits per heavy atom. The van der Waals surface area contributed by atoms with Crippen LogP contribution in [0.15, 0.2) is 42.6 Å². The largest absolute Gasteiger partial charge is 0.384 e. The summed E-state index contributed by atoms with van der Waals surface area (Å²) < 4.78 is 0. The molecule has 0 saturated carbocycles. The summed E-state index contributed by atoms with van der Waals surface area (Å²) in [6.07, 6.45) is 2.55. The Morgan fingerprint density at radius 2 is 1.95 bits per heavy atom. The van der Waals surface area contributed by atoms with Crippen LogP contribution in [0.1, 0.15) is 29.9 Å². The second-order valence-electron chi connectivity index (χ2n) is 4.43. The van der Waals surface area contributed by atoms with Crippen molar-refractivity contribution < 1.29 is 4.79 Å². The first-order valence-electron chi connectivity index (χ1n) is 6.83. The van der Waals surface area contributed by atoms with E-state index in [0.717, 1.165) is 29.9 Å². The molecule has 0 aliphatic rings. The number of carbonyl (C=O) groups is 1. The summed E-state index contributed by atoms with van der Waals surface area (Å²) in [6.45, 7) is 4.91. The Labute approximate surface area is 119 Å². The molecule has 0 aliphatic heterocycles. The van der Waals surface area contributed by atoms with Crippen LogP contribution < -0.4 is 10.6 Å². The second-order valence-corrected chi connectivity index (χ2v) is 4.43. The second kappa shape index (κ2) is 6.70. The number of aromatic nitrogens is 1. The van der Waals surface area contributed by atoms with Crippen LogP contribution in [-0.4, -0.2) is 17.4 Å². The normalized spacial score (nSPS) is 10.1. The molecule has 20 heavy (non-hydrogen) atoms. The summed E-state index contributed by atoms with van der Waals surface area (Å²) >= 11 is 0. The van der Waals surface area contributed by atoms with E-state index in [1.807, 2.05) is 37.3 Å². The molecule has 0 aliphatic carbocycles. The number of pyridine rings is 1. The maximum Gasteiger partial charge on any atom is 0.274 e. The van der Waals surface area contributed by atoms with Gasteiger partial charge in [-0.05, 0) is 37.1 Å². The van der Waals surface area contributed by atoms with Crippen LogP contribution >= 0.6 is 0 Å². The lowest BCUT2D eigenvalue weighted by molar-refractivity contribution is 0.102. The van der Waals surface area contributed by atoms with E-state index in [1.165, 1.54) is 0 Å². The maximum absolute atomic E-state index is 12.2. The Hall–Kier alpha value is -2.36. The molecular weight excluding hydrogens is 250 g/mol. The van der Waals surface area contributed by atoms with Crippen molar-refractivity contribution in [3.63, 3.8) is 0 Å². The van der Waals surface area contributed by atoms with Crippen molar-refractivity contribution in [1.82, 2.24) is 4.98 Å². The topological polar surface area (TPSA) is 54.0 Å². The third kappa shape index (κ3) is 3.35. The summed E-state index contributed by atoms with van der Waals surface area (Å²) in [6, 6.07) is 11.4. The number of amides is 1. The zero-order valence-electron chi connectivity index (χ0n) is 11.8. The van der Waals surface area contributed by atoms with Crippen LogP contribution in [0.25, 0.3) is 0 Å². The van der Waals surface area contributed by atoms with Gasteiger partial charge in [-0.15, -0.1) is 0 Å². The predicted octanol–water partition coefficient (Wildman–Crippen LogP) is 3.33. The van der Waals surface area contributed by atoms with Gasteiger partial charge in [0.1, 0.15) is 5.69 Å². The number of carbonyl (C=O) groups excluding carboxylic acids is 1. The first kappa shape index (κ1) is 14.1. The van der Waals surface area contributed by atoms with Gasteiger partial charge in [0, 0.05) is 12.2 Å². The third-order valence-corrected chi connectivity index (χ3v) is 3.02. The SMILES string of the molecule is CCNc1ccc(C(=O)Nc2ccccc2CC)nc1. The van der Waals surface area contributed by atoms with Gasteiger partial charge in [0.25, 0.3) is 5.91 Å². The molecule has 0 spiro atoms. The first-order chi connectivity index (χ1) is 9.74. The minimum atomic E-state index is -0.186. The quantitative estimate of drug-likeness (QED) is 0.875. The highest BCUT2D eigenvalue weighted by Gasteiger charge is 2.09. The Morgan fingerprint density at radius 1 is 1.15 bits per heavy atom. The molecule has 4 heteroatoms. The molecule has 1 aromatic carbocycles. The fourth-order valence-electron chi connectivity index (χ4n) is 1.97. The summed E-state index contributed by atoms with van der Waals surface area (Å²) in [4.78, 5) is 16.3. The van der Waals surface area contributed by atoms with Crippen molar-refractivity contribution >= 4 is 17.3 Å². The lowest BCUT2D eigenvalue weighted by Gasteiger charge is -2.09.